The van der Waals surface area contributed by atoms with Crippen molar-refractivity contribution in [2.75, 3.05) is 18.6 Å². The summed E-state index contributed by atoms with van der Waals surface area (Å²) < 4.78 is 5.31. The SMILES string of the molecule is COc1cccc(C(C)NC(=O)c2c[nH]c3ccc(-c4ccc(N)c(SCC5CC5)c4)cc23)c1. The van der Waals surface area contributed by atoms with Crippen molar-refractivity contribution in [3.63, 3.8) is 0 Å². The van der Waals surface area contributed by atoms with E-state index >= 15 is 0 Å². The molecule has 1 unspecified atom stereocenters. The van der Waals surface area contributed by atoms with E-state index in [1.54, 1.807) is 13.3 Å². The van der Waals surface area contributed by atoms with Crippen LogP contribution in [0.25, 0.3) is 22.0 Å². The second-order valence-corrected chi connectivity index (χ2v) is 10.0. The first-order valence-electron chi connectivity index (χ1n) is 11.6. The van der Waals surface area contributed by atoms with Gasteiger partial charge in [-0.1, -0.05) is 24.3 Å². The molecule has 5 nitrogen and oxygen atoms in total. The minimum absolute atomic E-state index is 0.114. The summed E-state index contributed by atoms with van der Waals surface area (Å²) in [5, 5.41) is 4.02. The molecule has 1 heterocycles. The maximum Gasteiger partial charge on any atom is 0.253 e. The van der Waals surface area contributed by atoms with E-state index in [1.165, 1.54) is 12.8 Å². The van der Waals surface area contributed by atoms with Crippen LogP contribution in [0.2, 0.25) is 0 Å². The Morgan fingerprint density at radius 2 is 1.94 bits per heavy atom. The fourth-order valence-electron chi connectivity index (χ4n) is 4.09. The zero-order chi connectivity index (χ0) is 23.7. The van der Waals surface area contributed by atoms with Crippen LogP contribution in [-0.2, 0) is 0 Å². The number of benzene rings is 3. The molecule has 174 valence electrons. The van der Waals surface area contributed by atoms with Crippen LogP contribution in [0.5, 0.6) is 5.75 Å². The molecular weight excluding hydrogens is 442 g/mol. The van der Waals surface area contributed by atoms with Gasteiger partial charge in [0.05, 0.1) is 18.7 Å². The first-order chi connectivity index (χ1) is 16.5. The Kier molecular flexibility index (Phi) is 6.24. The van der Waals surface area contributed by atoms with Crippen LogP contribution in [0.4, 0.5) is 5.69 Å². The molecule has 1 saturated carbocycles. The molecule has 0 spiro atoms. The second-order valence-electron chi connectivity index (χ2n) is 8.94. The zero-order valence-electron chi connectivity index (χ0n) is 19.4. The van der Waals surface area contributed by atoms with E-state index in [4.69, 9.17) is 10.5 Å². The lowest BCUT2D eigenvalue weighted by Crippen LogP contribution is -2.26. The average Bonchev–Trinajstić information content (AvgIpc) is 3.59. The second kappa shape index (κ2) is 9.47. The molecule has 1 aromatic heterocycles. The van der Waals surface area contributed by atoms with Crippen LogP contribution < -0.4 is 15.8 Å². The van der Waals surface area contributed by atoms with Gasteiger partial charge in [0, 0.05) is 33.4 Å². The number of aromatic amines is 1. The quantitative estimate of drug-likeness (QED) is 0.205. The van der Waals surface area contributed by atoms with E-state index < -0.39 is 0 Å². The number of thioether (sulfide) groups is 1. The highest BCUT2D eigenvalue weighted by atomic mass is 32.2. The fraction of sp³-hybridized carbons (Fsp3) is 0.250. The van der Waals surface area contributed by atoms with Crippen molar-refractivity contribution in [3.8, 4) is 16.9 Å². The molecule has 1 atom stereocenters. The maximum absolute atomic E-state index is 13.2. The Bertz CT molecular complexity index is 1340. The van der Waals surface area contributed by atoms with Gasteiger partial charge in [0.1, 0.15) is 5.75 Å². The van der Waals surface area contributed by atoms with Gasteiger partial charge in [-0.15, -0.1) is 11.8 Å². The molecule has 0 bridgehead atoms. The molecule has 0 aliphatic heterocycles. The van der Waals surface area contributed by atoms with Crippen molar-refractivity contribution in [3.05, 3.63) is 78.0 Å². The van der Waals surface area contributed by atoms with Crippen LogP contribution in [0.3, 0.4) is 0 Å². The zero-order valence-corrected chi connectivity index (χ0v) is 20.2. The number of carbonyl (C=O) groups excluding carboxylic acids is 1. The number of carbonyl (C=O) groups is 1. The normalized spacial score (nSPS) is 14.2. The molecule has 0 radical (unpaired) electrons. The van der Waals surface area contributed by atoms with Crippen LogP contribution in [0.1, 0.15) is 41.7 Å². The molecule has 6 heteroatoms. The summed E-state index contributed by atoms with van der Waals surface area (Å²) in [6.45, 7) is 1.97. The number of hydrogen-bond acceptors (Lipinski definition) is 4. The molecule has 1 aliphatic rings. The molecule has 1 fully saturated rings. The monoisotopic (exact) mass is 471 g/mol. The van der Waals surface area contributed by atoms with Gasteiger partial charge < -0.3 is 20.8 Å². The molecule has 4 aromatic rings. The van der Waals surface area contributed by atoms with Gasteiger partial charge in [-0.3, -0.25) is 4.79 Å². The smallest absolute Gasteiger partial charge is 0.253 e. The summed E-state index contributed by atoms with van der Waals surface area (Å²) in [7, 11) is 1.64. The van der Waals surface area contributed by atoms with Gasteiger partial charge in [-0.05, 0) is 78.8 Å². The molecule has 3 aromatic carbocycles. The highest BCUT2D eigenvalue weighted by molar-refractivity contribution is 7.99. The molecule has 0 saturated heterocycles. The topological polar surface area (TPSA) is 80.1 Å². The van der Waals surface area contributed by atoms with Gasteiger partial charge in [0.25, 0.3) is 5.91 Å². The van der Waals surface area contributed by atoms with Crippen LogP contribution in [0.15, 0.2) is 71.8 Å². The summed E-state index contributed by atoms with van der Waals surface area (Å²) >= 11 is 1.84. The number of nitrogens with one attached hydrogen (secondary N) is 2. The lowest BCUT2D eigenvalue weighted by atomic mass is 10.0. The van der Waals surface area contributed by atoms with E-state index in [1.807, 2.05) is 55.1 Å². The first-order valence-corrected chi connectivity index (χ1v) is 12.6. The molecule has 34 heavy (non-hydrogen) atoms. The van der Waals surface area contributed by atoms with E-state index in [2.05, 4.69) is 34.6 Å². The largest absolute Gasteiger partial charge is 0.497 e. The standard InChI is InChI=1S/C28H29N3O2S/c1-17(19-4-3-5-22(12-19)33-2)31-28(32)24-15-30-26-11-9-20(13-23(24)26)21-8-10-25(29)27(14-21)34-16-18-6-7-18/h3-5,8-15,17-18,30H,6-7,16,29H2,1-2H3,(H,31,32). The number of amides is 1. The van der Waals surface area contributed by atoms with E-state index in [0.717, 1.165) is 55.6 Å². The number of hydrogen-bond donors (Lipinski definition) is 3. The number of nitrogens with two attached hydrogens (primary N) is 1. The molecule has 5 rings (SSSR count). The number of ether oxygens (including phenoxy) is 1. The minimum Gasteiger partial charge on any atom is -0.497 e. The van der Waals surface area contributed by atoms with E-state index in [0.29, 0.717) is 5.56 Å². The van der Waals surface area contributed by atoms with Crippen LogP contribution >= 0.6 is 11.8 Å². The Hall–Kier alpha value is -3.38. The number of nitrogen functional groups attached to an aromatic ring is 1. The summed E-state index contributed by atoms with van der Waals surface area (Å²) in [5.74, 6) is 2.62. The lowest BCUT2D eigenvalue weighted by molar-refractivity contribution is 0.0941. The number of anilines is 1. The highest BCUT2D eigenvalue weighted by Crippen LogP contribution is 2.38. The number of H-pyrrole nitrogens is 1. The number of rotatable bonds is 8. The Morgan fingerprint density at radius 1 is 1.15 bits per heavy atom. The van der Waals surface area contributed by atoms with Crippen molar-refractivity contribution < 1.29 is 9.53 Å². The van der Waals surface area contributed by atoms with E-state index in [-0.39, 0.29) is 11.9 Å². The van der Waals surface area contributed by atoms with Crippen molar-refractivity contribution in [1.82, 2.24) is 10.3 Å². The molecular formula is C28H29N3O2S. The summed E-state index contributed by atoms with van der Waals surface area (Å²) in [4.78, 5) is 17.5. The highest BCUT2D eigenvalue weighted by Gasteiger charge is 2.22. The minimum atomic E-state index is -0.154. The molecule has 4 N–H and O–H groups in total. The van der Waals surface area contributed by atoms with Gasteiger partial charge in [-0.2, -0.15) is 0 Å². The maximum atomic E-state index is 13.2. The van der Waals surface area contributed by atoms with Gasteiger partial charge in [0.2, 0.25) is 0 Å². The summed E-state index contributed by atoms with van der Waals surface area (Å²) in [6.07, 6.45) is 4.44. The van der Waals surface area contributed by atoms with Crippen molar-refractivity contribution in [2.45, 2.75) is 30.7 Å². The number of aromatic nitrogens is 1. The predicted octanol–water partition coefficient (Wildman–Crippen LogP) is 6.42. The Morgan fingerprint density at radius 3 is 2.74 bits per heavy atom. The fourth-order valence-corrected chi connectivity index (χ4v) is 5.28. The summed E-state index contributed by atoms with van der Waals surface area (Å²) in [5.41, 5.74) is 11.8. The lowest BCUT2D eigenvalue weighted by Gasteiger charge is -2.15. The summed E-state index contributed by atoms with van der Waals surface area (Å²) in [6, 6.07) is 20.0. The van der Waals surface area contributed by atoms with Crippen LogP contribution in [0, 0.1) is 5.92 Å². The van der Waals surface area contributed by atoms with Crippen molar-refractivity contribution in [2.24, 2.45) is 5.92 Å². The van der Waals surface area contributed by atoms with Crippen molar-refractivity contribution >= 4 is 34.3 Å². The predicted molar refractivity (Wildman–Crippen MR) is 140 cm³/mol. The molecule has 1 aliphatic carbocycles. The third-order valence-corrected chi connectivity index (χ3v) is 7.69. The van der Waals surface area contributed by atoms with Gasteiger partial charge in [0.15, 0.2) is 0 Å². The van der Waals surface area contributed by atoms with E-state index in [9.17, 15) is 4.79 Å². The Labute approximate surface area is 204 Å². The van der Waals surface area contributed by atoms with Gasteiger partial charge >= 0.3 is 0 Å². The Balaban J connectivity index is 1.39. The third kappa shape index (κ3) is 4.77. The third-order valence-electron chi connectivity index (χ3n) is 6.39. The molecule has 1 amide bonds. The van der Waals surface area contributed by atoms with Gasteiger partial charge in [-0.25, -0.2) is 0 Å². The number of fused-ring (bicyclic) bond motifs is 1. The average molecular weight is 472 g/mol. The first kappa shape index (κ1) is 22.4. The van der Waals surface area contributed by atoms with Crippen LogP contribution in [-0.4, -0.2) is 23.8 Å². The number of methoxy groups -OCH3 is 1. The van der Waals surface area contributed by atoms with Crippen molar-refractivity contribution in [1.29, 1.82) is 0 Å².